The molecule has 2 aliphatic rings. The average Bonchev–Trinajstić information content (AvgIpc) is 2.33. The summed E-state index contributed by atoms with van der Waals surface area (Å²) in [4.78, 5) is 0. The predicted octanol–water partition coefficient (Wildman–Crippen LogP) is 0.626. The van der Waals surface area contributed by atoms with Gasteiger partial charge in [-0.15, -0.1) is 5.53 Å². The van der Waals surface area contributed by atoms with E-state index in [4.69, 9.17) is 0 Å². The molecular formula is C7H9N3. The van der Waals surface area contributed by atoms with E-state index in [9.17, 15) is 0 Å². The summed E-state index contributed by atoms with van der Waals surface area (Å²) in [5, 5.41) is 1.92. The third-order valence-electron chi connectivity index (χ3n) is 1.55. The Kier molecular flexibility index (Phi) is 1.05. The van der Waals surface area contributed by atoms with Crippen molar-refractivity contribution < 1.29 is 0 Å². The smallest absolute Gasteiger partial charge is 0.0762 e. The number of hydrazine groups is 2. The fourth-order valence-corrected chi connectivity index (χ4v) is 1.02. The fraction of sp³-hybridized carbons (Fsp3) is 0.143. The molecule has 0 aromatic heterocycles. The fourth-order valence-electron chi connectivity index (χ4n) is 1.02. The number of hydrogen-bond donors (Lipinski definition) is 2. The molecular weight excluding hydrogens is 126 g/mol. The summed E-state index contributed by atoms with van der Waals surface area (Å²) in [7, 11) is 0. The van der Waals surface area contributed by atoms with Gasteiger partial charge in [-0.05, 0) is 24.6 Å². The van der Waals surface area contributed by atoms with E-state index in [2.05, 4.69) is 30.0 Å². The maximum atomic E-state index is 2.94. The van der Waals surface area contributed by atoms with Gasteiger partial charge in [0.25, 0.3) is 0 Å². The highest BCUT2D eigenvalue weighted by Crippen LogP contribution is 2.15. The molecule has 0 amide bonds. The average molecular weight is 135 g/mol. The van der Waals surface area contributed by atoms with Gasteiger partial charge in [-0.2, -0.15) is 0 Å². The highest BCUT2D eigenvalue weighted by Gasteiger charge is 2.11. The molecule has 2 rings (SSSR count). The monoisotopic (exact) mass is 135 g/mol. The summed E-state index contributed by atoms with van der Waals surface area (Å²) in [6.07, 6.45) is 8.07. The highest BCUT2D eigenvalue weighted by atomic mass is 15.7. The maximum Gasteiger partial charge on any atom is 0.0762 e. The van der Waals surface area contributed by atoms with E-state index in [0.717, 1.165) is 5.70 Å². The Hall–Kier alpha value is -1.22. The third kappa shape index (κ3) is 0.717. The minimum Gasteiger partial charge on any atom is -0.309 e. The van der Waals surface area contributed by atoms with E-state index in [0.29, 0.717) is 0 Å². The second kappa shape index (κ2) is 1.88. The van der Waals surface area contributed by atoms with Gasteiger partial charge in [-0.1, -0.05) is 0 Å². The Morgan fingerprint density at radius 2 is 2.40 bits per heavy atom. The van der Waals surface area contributed by atoms with Crippen LogP contribution < -0.4 is 11.0 Å². The number of nitrogens with zero attached hydrogens (tertiary/aromatic N) is 1. The van der Waals surface area contributed by atoms with Crippen LogP contribution in [0.1, 0.15) is 6.92 Å². The van der Waals surface area contributed by atoms with E-state index in [1.165, 1.54) is 5.57 Å². The lowest BCUT2D eigenvalue weighted by Crippen LogP contribution is -2.33. The summed E-state index contributed by atoms with van der Waals surface area (Å²) in [5.41, 5.74) is 8.27. The highest BCUT2D eigenvalue weighted by molar-refractivity contribution is 5.34. The minimum absolute atomic E-state index is 1.15. The van der Waals surface area contributed by atoms with Crippen molar-refractivity contribution >= 4 is 0 Å². The molecule has 52 valence electrons. The van der Waals surface area contributed by atoms with Crippen LogP contribution in [0, 0.1) is 0 Å². The number of fused-ring (bicyclic) bond motifs is 1. The summed E-state index contributed by atoms with van der Waals surface area (Å²) < 4.78 is 0. The number of nitrogens with one attached hydrogen (secondary N) is 2. The van der Waals surface area contributed by atoms with E-state index in [1.54, 1.807) is 0 Å². The molecule has 10 heavy (non-hydrogen) atoms. The predicted molar refractivity (Wildman–Crippen MR) is 39.1 cm³/mol. The van der Waals surface area contributed by atoms with Gasteiger partial charge in [0.05, 0.1) is 5.70 Å². The third-order valence-corrected chi connectivity index (χ3v) is 1.55. The Bertz CT molecular complexity index is 237. The van der Waals surface area contributed by atoms with Crippen molar-refractivity contribution in [3.8, 4) is 0 Å². The van der Waals surface area contributed by atoms with Crippen LogP contribution in [0.4, 0.5) is 0 Å². The molecule has 2 heterocycles. The molecule has 0 saturated carbocycles. The topological polar surface area (TPSA) is 27.3 Å². The van der Waals surface area contributed by atoms with Crippen LogP contribution in [0.25, 0.3) is 0 Å². The molecule has 0 aliphatic carbocycles. The lowest BCUT2D eigenvalue weighted by Gasteiger charge is -2.17. The standard InChI is InChI=1S/C7H9N3/c1-6-2-3-10-7(4-6)5-8-9-10/h2-5,8-9H,1H3. The van der Waals surface area contributed by atoms with Crippen molar-refractivity contribution in [1.82, 2.24) is 16.0 Å². The quantitative estimate of drug-likeness (QED) is 0.510. The van der Waals surface area contributed by atoms with Gasteiger partial charge in [0.1, 0.15) is 0 Å². The number of allylic oxidation sites excluding steroid dienone is 3. The van der Waals surface area contributed by atoms with Crippen molar-refractivity contribution in [1.29, 1.82) is 0 Å². The van der Waals surface area contributed by atoms with Gasteiger partial charge in [0.15, 0.2) is 0 Å². The molecule has 0 bridgehead atoms. The van der Waals surface area contributed by atoms with Crippen LogP contribution in [0.5, 0.6) is 0 Å². The number of hydrogen-bond acceptors (Lipinski definition) is 3. The molecule has 3 heteroatoms. The van der Waals surface area contributed by atoms with E-state index in [-0.39, 0.29) is 0 Å². The molecule has 2 aliphatic heterocycles. The molecule has 0 atom stereocenters. The minimum atomic E-state index is 1.15. The van der Waals surface area contributed by atoms with Gasteiger partial charge >= 0.3 is 0 Å². The van der Waals surface area contributed by atoms with E-state index in [1.807, 2.05) is 17.4 Å². The molecule has 0 aromatic rings. The molecule has 0 radical (unpaired) electrons. The zero-order valence-corrected chi connectivity index (χ0v) is 5.76. The Morgan fingerprint density at radius 3 is 3.30 bits per heavy atom. The molecule has 0 fully saturated rings. The molecule has 0 spiro atoms. The second-order valence-electron chi connectivity index (χ2n) is 2.40. The van der Waals surface area contributed by atoms with Crippen molar-refractivity contribution in [2.24, 2.45) is 0 Å². The molecule has 0 unspecified atom stereocenters. The first-order valence-electron chi connectivity index (χ1n) is 3.23. The van der Waals surface area contributed by atoms with Crippen LogP contribution in [-0.4, -0.2) is 5.01 Å². The van der Waals surface area contributed by atoms with Crippen molar-refractivity contribution in [3.05, 3.63) is 35.8 Å². The van der Waals surface area contributed by atoms with Crippen LogP contribution in [-0.2, 0) is 0 Å². The Morgan fingerprint density at radius 1 is 1.50 bits per heavy atom. The van der Waals surface area contributed by atoms with Gasteiger partial charge < -0.3 is 5.43 Å². The molecule has 0 saturated heterocycles. The van der Waals surface area contributed by atoms with Crippen LogP contribution in [0.15, 0.2) is 35.8 Å². The van der Waals surface area contributed by atoms with Crippen LogP contribution in [0.2, 0.25) is 0 Å². The lowest BCUT2D eigenvalue weighted by molar-refractivity contribution is 0.349. The molecule has 0 aromatic carbocycles. The Labute approximate surface area is 59.6 Å². The first-order valence-corrected chi connectivity index (χ1v) is 3.23. The first-order chi connectivity index (χ1) is 4.86. The zero-order valence-electron chi connectivity index (χ0n) is 5.76. The molecule has 2 N–H and O–H groups in total. The SMILES string of the molecule is CC1=CC2=CNNN2C=C1. The van der Waals surface area contributed by atoms with Gasteiger partial charge in [0.2, 0.25) is 0 Å². The van der Waals surface area contributed by atoms with Crippen molar-refractivity contribution in [3.63, 3.8) is 0 Å². The van der Waals surface area contributed by atoms with Crippen LogP contribution >= 0.6 is 0 Å². The van der Waals surface area contributed by atoms with Gasteiger partial charge in [-0.25, -0.2) is 0 Å². The van der Waals surface area contributed by atoms with E-state index < -0.39 is 0 Å². The number of rotatable bonds is 0. The van der Waals surface area contributed by atoms with Crippen molar-refractivity contribution in [2.75, 3.05) is 0 Å². The zero-order chi connectivity index (χ0) is 6.97. The van der Waals surface area contributed by atoms with Crippen LogP contribution in [0.3, 0.4) is 0 Å². The van der Waals surface area contributed by atoms with Crippen molar-refractivity contribution in [2.45, 2.75) is 6.92 Å². The summed E-state index contributed by atoms with van der Waals surface area (Å²) in [6, 6.07) is 0. The summed E-state index contributed by atoms with van der Waals surface area (Å²) in [6.45, 7) is 2.08. The second-order valence-corrected chi connectivity index (χ2v) is 2.40. The normalized spacial score (nSPS) is 21.5. The van der Waals surface area contributed by atoms with Gasteiger partial charge in [-0.3, -0.25) is 5.01 Å². The summed E-state index contributed by atoms with van der Waals surface area (Å²) in [5.74, 6) is 0. The lowest BCUT2D eigenvalue weighted by atomic mass is 10.2. The largest absolute Gasteiger partial charge is 0.309 e. The van der Waals surface area contributed by atoms with Gasteiger partial charge in [0, 0.05) is 12.4 Å². The first kappa shape index (κ1) is 5.56. The Balaban J connectivity index is 2.34. The van der Waals surface area contributed by atoms with E-state index >= 15 is 0 Å². The maximum absolute atomic E-state index is 2.94. The summed E-state index contributed by atoms with van der Waals surface area (Å²) >= 11 is 0. The molecule has 3 nitrogen and oxygen atoms in total.